The largest absolute Gasteiger partial charge is 0.487 e. The lowest BCUT2D eigenvalue weighted by Gasteiger charge is -2.39. The van der Waals surface area contributed by atoms with E-state index in [4.69, 9.17) is 4.74 Å². The highest BCUT2D eigenvalue weighted by Gasteiger charge is 2.34. The van der Waals surface area contributed by atoms with E-state index < -0.39 is 0 Å². The molecule has 0 radical (unpaired) electrons. The van der Waals surface area contributed by atoms with Crippen molar-refractivity contribution < 1.29 is 4.74 Å². The molecule has 0 fully saturated rings. The fourth-order valence-electron chi connectivity index (χ4n) is 1.90. The molecule has 90 valence electrons. The van der Waals surface area contributed by atoms with Crippen molar-refractivity contribution in [1.82, 2.24) is 0 Å². The van der Waals surface area contributed by atoms with E-state index >= 15 is 0 Å². The van der Waals surface area contributed by atoms with Crippen LogP contribution in [-0.4, -0.2) is 5.60 Å². The summed E-state index contributed by atoms with van der Waals surface area (Å²) in [5.74, 6) is 1.64. The van der Waals surface area contributed by atoms with Crippen LogP contribution in [0.5, 0.6) is 5.75 Å². The number of rotatable bonds is 1. The van der Waals surface area contributed by atoms with E-state index in [0.717, 1.165) is 18.6 Å². The second-order valence-electron chi connectivity index (χ2n) is 4.68. The third-order valence-corrected chi connectivity index (χ3v) is 3.43. The van der Waals surface area contributed by atoms with Gasteiger partial charge in [-0.15, -0.1) is 0 Å². The van der Waals surface area contributed by atoms with Crippen molar-refractivity contribution in [1.29, 1.82) is 0 Å². The molecule has 1 aliphatic rings. The van der Waals surface area contributed by atoms with Crippen LogP contribution in [0.15, 0.2) is 24.3 Å². The smallest absolute Gasteiger partial charge is 0.123 e. The molecule has 0 spiro atoms. The van der Waals surface area contributed by atoms with Gasteiger partial charge in [0, 0.05) is 0 Å². The topological polar surface area (TPSA) is 9.23 Å². The number of ether oxygens (including phenoxy) is 1. The van der Waals surface area contributed by atoms with Crippen molar-refractivity contribution in [3.05, 3.63) is 29.8 Å². The molecule has 1 aliphatic heterocycles. The van der Waals surface area contributed by atoms with Crippen LogP contribution in [0.4, 0.5) is 0 Å². The predicted octanol–water partition coefficient (Wildman–Crippen LogP) is 4.45. The Morgan fingerprint density at radius 1 is 1.19 bits per heavy atom. The van der Waals surface area contributed by atoms with E-state index in [9.17, 15) is 0 Å². The van der Waals surface area contributed by atoms with Gasteiger partial charge in [0.1, 0.15) is 11.4 Å². The van der Waals surface area contributed by atoms with Crippen molar-refractivity contribution in [2.24, 2.45) is 5.92 Å². The van der Waals surface area contributed by atoms with Gasteiger partial charge >= 0.3 is 0 Å². The minimum absolute atomic E-state index is 0.0222. The molecule has 0 amide bonds. The molecule has 0 aromatic heterocycles. The highest BCUT2D eigenvalue weighted by atomic mass is 16.5. The minimum atomic E-state index is 0.0222. The van der Waals surface area contributed by atoms with Crippen LogP contribution >= 0.6 is 0 Å². The Hall–Kier alpha value is -0.980. The Morgan fingerprint density at radius 3 is 2.44 bits per heavy atom. The first-order chi connectivity index (χ1) is 7.62. The zero-order valence-corrected chi connectivity index (χ0v) is 11.2. The van der Waals surface area contributed by atoms with Crippen LogP contribution in [0, 0.1) is 5.92 Å². The maximum atomic E-state index is 6.08. The van der Waals surface area contributed by atoms with Crippen molar-refractivity contribution in [2.45, 2.75) is 53.1 Å². The summed E-state index contributed by atoms with van der Waals surface area (Å²) < 4.78 is 6.08. The van der Waals surface area contributed by atoms with Crippen molar-refractivity contribution in [3.8, 4) is 5.75 Å². The molecular formula is C15H24O. The van der Waals surface area contributed by atoms with E-state index in [-0.39, 0.29) is 5.60 Å². The van der Waals surface area contributed by atoms with Crippen LogP contribution in [-0.2, 0) is 6.42 Å². The molecule has 1 aromatic carbocycles. The van der Waals surface area contributed by atoms with Gasteiger partial charge in [0.15, 0.2) is 0 Å². The number of benzene rings is 1. The molecule has 0 N–H and O–H groups in total. The van der Waals surface area contributed by atoms with E-state index in [1.807, 2.05) is 19.9 Å². The number of para-hydroxylation sites is 1. The average molecular weight is 220 g/mol. The fourth-order valence-corrected chi connectivity index (χ4v) is 1.90. The minimum Gasteiger partial charge on any atom is -0.487 e. The van der Waals surface area contributed by atoms with Crippen molar-refractivity contribution in [3.63, 3.8) is 0 Å². The third kappa shape index (κ3) is 2.58. The molecule has 1 nitrogen and oxygen atoms in total. The van der Waals surface area contributed by atoms with Gasteiger partial charge in [0.2, 0.25) is 0 Å². The zero-order chi connectivity index (χ0) is 12.2. The third-order valence-electron chi connectivity index (χ3n) is 3.43. The Labute approximate surface area is 99.8 Å². The molecule has 1 aromatic rings. The molecule has 2 rings (SSSR count). The second kappa shape index (κ2) is 5.38. The Kier molecular flexibility index (Phi) is 4.40. The lowest BCUT2D eigenvalue weighted by atomic mass is 9.84. The molecule has 0 aliphatic carbocycles. The highest BCUT2D eigenvalue weighted by molar-refractivity contribution is 5.36. The van der Waals surface area contributed by atoms with Gasteiger partial charge in [-0.2, -0.15) is 0 Å². The van der Waals surface area contributed by atoms with Crippen LogP contribution < -0.4 is 4.74 Å². The summed E-state index contributed by atoms with van der Waals surface area (Å²) >= 11 is 0. The number of hydrogen-bond acceptors (Lipinski definition) is 1. The number of fused-ring (bicyclic) bond motifs is 1. The molecular weight excluding hydrogens is 196 g/mol. The summed E-state index contributed by atoms with van der Waals surface area (Å²) in [6.45, 7) is 10.7. The SMILES string of the molecule is CC.CC(C)C1(C)CCc2ccccc2O1. The summed E-state index contributed by atoms with van der Waals surface area (Å²) in [6.07, 6.45) is 2.27. The quantitative estimate of drug-likeness (QED) is 0.679. The molecule has 16 heavy (non-hydrogen) atoms. The van der Waals surface area contributed by atoms with Crippen LogP contribution in [0.25, 0.3) is 0 Å². The molecule has 1 unspecified atom stereocenters. The van der Waals surface area contributed by atoms with Crippen molar-refractivity contribution in [2.75, 3.05) is 0 Å². The monoisotopic (exact) mass is 220 g/mol. The molecule has 0 saturated carbocycles. The van der Waals surface area contributed by atoms with Gasteiger partial charge in [0.05, 0.1) is 0 Å². The van der Waals surface area contributed by atoms with Gasteiger partial charge in [-0.1, -0.05) is 45.9 Å². The Balaban J connectivity index is 0.000000606. The maximum absolute atomic E-state index is 6.08. The Morgan fingerprint density at radius 2 is 1.81 bits per heavy atom. The first-order valence-electron chi connectivity index (χ1n) is 6.39. The van der Waals surface area contributed by atoms with Gasteiger partial charge in [0.25, 0.3) is 0 Å². The average Bonchev–Trinajstić information content (AvgIpc) is 2.31. The van der Waals surface area contributed by atoms with Crippen LogP contribution in [0.3, 0.4) is 0 Å². The number of aryl methyl sites for hydroxylation is 1. The first kappa shape index (κ1) is 13.1. The van der Waals surface area contributed by atoms with Gasteiger partial charge < -0.3 is 4.74 Å². The van der Waals surface area contributed by atoms with Crippen LogP contribution in [0.2, 0.25) is 0 Å². The van der Waals surface area contributed by atoms with Gasteiger partial charge in [-0.05, 0) is 37.3 Å². The predicted molar refractivity (Wildman–Crippen MR) is 70.0 cm³/mol. The standard InChI is InChI=1S/C13H18O.C2H6/c1-10(2)13(3)9-8-11-6-4-5-7-12(11)14-13;1-2/h4-7,10H,8-9H2,1-3H3;1-2H3. The lowest BCUT2D eigenvalue weighted by molar-refractivity contribution is 0.0202. The molecule has 1 heterocycles. The zero-order valence-electron chi connectivity index (χ0n) is 11.2. The molecule has 1 heteroatoms. The van der Waals surface area contributed by atoms with E-state index in [1.165, 1.54) is 5.56 Å². The van der Waals surface area contributed by atoms with E-state index in [2.05, 4.69) is 39.0 Å². The number of hydrogen-bond donors (Lipinski definition) is 0. The highest BCUT2D eigenvalue weighted by Crippen LogP contribution is 2.36. The van der Waals surface area contributed by atoms with Gasteiger partial charge in [-0.25, -0.2) is 0 Å². The van der Waals surface area contributed by atoms with Crippen LogP contribution in [0.1, 0.15) is 46.6 Å². The Bertz CT molecular complexity index is 330. The van der Waals surface area contributed by atoms with E-state index in [0.29, 0.717) is 5.92 Å². The molecule has 0 bridgehead atoms. The van der Waals surface area contributed by atoms with E-state index in [1.54, 1.807) is 0 Å². The first-order valence-corrected chi connectivity index (χ1v) is 6.39. The lowest BCUT2D eigenvalue weighted by Crippen LogP contribution is -2.41. The summed E-state index contributed by atoms with van der Waals surface area (Å²) in [5.41, 5.74) is 1.37. The maximum Gasteiger partial charge on any atom is 0.123 e. The normalized spacial score (nSPS) is 22.9. The summed E-state index contributed by atoms with van der Waals surface area (Å²) in [6, 6.07) is 8.37. The van der Waals surface area contributed by atoms with Crippen molar-refractivity contribution >= 4 is 0 Å². The second-order valence-corrected chi connectivity index (χ2v) is 4.68. The summed E-state index contributed by atoms with van der Waals surface area (Å²) in [7, 11) is 0. The van der Waals surface area contributed by atoms with Gasteiger partial charge in [-0.3, -0.25) is 0 Å². The molecule has 0 saturated heterocycles. The summed E-state index contributed by atoms with van der Waals surface area (Å²) in [4.78, 5) is 0. The summed E-state index contributed by atoms with van der Waals surface area (Å²) in [5, 5.41) is 0. The molecule has 1 atom stereocenters. The fraction of sp³-hybridized carbons (Fsp3) is 0.600.